The molecule has 1 aliphatic rings. The summed E-state index contributed by atoms with van der Waals surface area (Å²) >= 11 is 0. The van der Waals surface area contributed by atoms with Gasteiger partial charge >= 0.3 is 0 Å². The van der Waals surface area contributed by atoms with E-state index in [9.17, 15) is 22.4 Å². The Balaban J connectivity index is 1.88. The Morgan fingerprint density at radius 2 is 1.67 bits per heavy atom. The van der Waals surface area contributed by atoms with E-state index in [0.29, 0.717) is 19.6 Å². The number of amides is 1. The molecule has 180 valence electrons. The van der Waals surface area contributed by atoms with E-state index in [0.717, 1.165) is 37.7 Å². The van der Waals surface area contributed by atoms with Gasteiger partial charge in [0.1, 0.15) is 12.4 Å². The van der Waals surface area contributed by atoms with Crippen LogP contribution < -0.4 is 5.56 Å². The van der Waals surface area contributed by atoms with Crippen molar-refractivity contribution in [2.45, 2.75) is 70.0 Å². The van der Waals surface area contributed by atoms with Gasteiger partial charge in [-0.1, -0.05) is 45.2 Å². The van der Waals surface area contributed by atoms with Crippen LogP contribution in [0.3, 0.4) is 0 Å². The average Bonchev–Trinajstić information content (AvgIpc) is 2.81. The van der Waals surface area contributed by atoms with Crippen molar-refractivity contribution in [2.75, 3.05) is 13.1 Å². The Kier molecular flexibility index (Phi) is 8.42. The Hall–Kier alpha value is -2.52. The van der Waals surface area contributed by atoms with Crippen LogP contribution in [-0.4, -0.2) is 47.2 Å². The molecule has 1 fully saturated rings. The molecule has 0 radical (unpaired) electrons. The minimum absolute atomic E-state index is 0.0126. The van der Waals surface area contributed by atoms with Crippen molar-refractivity contribution in [3.63, 3.8) is 0 Å². The number of halogens is 1. The number of aromatic nitrogens is 1. The molecule has 0 saturated heterocycles. The molecule has 3 rings (SSSR count). The van der Waals surface area contributed by atoms with Gasteiger partial charge in [-0.15, -0.1) is 0 Å². The van der Waals surface area contributed by atoms with Crippen LogP contribution in [0.5, 0.6) is 0 Å². The second-order valence-electron chi connectivity index (χ2n) is 8.36. The molecule has 1 aromatic heterocycles. The lowest BCUT2D eigenvalue weighted by atomic mass is 9.93. The number of hydrogen-bond acceptors (Lipinski definition) is 4. The molecular formula is C24H32FN3O4S. The minimum Gasteiger partial charge on any atom is -0.334 e. The summed E-state index contributed by atoms with van der Waals surface area (Å²) in [6.07, 6.45) is 6.17. The molecule has 1 heterocycles. The lowest BCUT2D eigenvalue weighted by Gasteiger charge is -2.35. The van der Waals surface area contributed by atoms with Crippen molar-refractivity contribution in [1.29, 1.82) is 0 Å². The van der Waals surface area contributed by atoms with E-state index >= 15 is 0 Å². The van der Waals surface area contributed by atoms with Crippen LogP contribution in [0.1, 0.15) is 51.5 Å². The molecule has 0 atom stereocenters. The van der Waals surface area contributed by atoms with Crippen LogP contribution in [-0.2, 0) is 27.9 Å². The van der Waals surface area contributed by atoms with Crippen LogP contribution in [0.15, 0.2) is 52.3 Å². The Morgan fingerprint density at radius 1 is 1.03 bits per heavy atom. The Morgan fingerprint density at radius 3 is 2.27 bits per heavy atom. The molecule has 33 heavy (non-hydrogen) atoms. The van der Waals surface area contributed by atoms with E-state index in [1.54, 1.807) is 30.9 Å². The number of hydrogen-bond donors (Lipinski definition) is 0. The summed E-state index contributed by atoms with van der Waals surface area (Å²) in [7, 11) is -3.76. The van der Waals surface area contributed by atoms with Gasteiger partial charge < -0.3 is 9.47 Å². The molecule has 2 aromatic rings. The van der Waals surface area contributed by atoms with E-state index < -0.39 is 15.6 Å². The second-order valence-corrected chi connectivity index (χ2v) is 10.3. The van der Waals surface area contributed by atoms with Gasteiger partial charge in [-0.25, -0.2) is 12.8 Å². The molecule has 1 saturated carbocycles. The molecular weight excluding hydrogens is 445 g/mol. The number of carbonyl (C=O) groups is 1. The lowest BCUT2D eigenvalue weighted by Crippen LogP contribution is -2.43. The highest BCUT2D eigenvalue weighted by Crippen LogP contribution is 2.25. The maximum atomic E-state index is 13.4. The Labute approximate surface area is 194 Å². The first kappa shape index (κ1) is 25.1. The normalized spacial score (nSPS) is 15.0. The highest BCUT2D eigenvalue weighted by molar-refractivity contribution is 7.89. The number of benzene rings is 1. The van der Waals surface area contributed by atoms with Crippen molar-refractivity contribution >= 4 is 15.9 Å². The third kappa shape index (κ3) is 6.09. The predicted octanol–water partition coefficient (Wildman–Crippen LogP) is 3.38. The largest absolute Gasteiger partial charge is 0.334 e. The van der Waals surface area contributed by atoms with Gasteiger partial charge in [-0.2, -0.15) is 4.31 Å². The second kappa shape index (κ2) is 11.1. The third-order valence-corrected chi connectivity index (χ3v) is 8.24. The van der Waals surface area contributed by atoms with Crippen molar-refractivity contribution in [3.8, 4) is 0 Å². The molecule has 1 amide bonds. The van der Waals surface area contributed by atoms with Gasteiger partial charge in [-0.3, -0.25) is 9.59 Å². The zero-order chi connectivity index (χ0) is 24.0. The standard InChI is InChI=1S/C24H32FN3O4S/c1-3-27(4-2)33(31,32)22-14-15-23(29)26(17-22)18-24(30)28(21-8-6-5-7-9-21)16-19-10-12-20(25)13-11-19/h10-15,17,21H,3-9,16,18H2,1-2H3. The van der Waals surface area contributed by atoms with Crippen LogP contribution in [0, 0.1) is 5.82 Å². The van der Waals surface area contributed by atoms with Crippen molar-refractivity contribution in [1.82, 2.24) is 13.8 Å². The quantitative estimate of drug-likeness (QED) is 0.555. The molecule has 7 nitrogen and oxygen atoms in total. The van der Waals surface area contributed by atoms with Crippen LogP contribution >= 0.6 is 0 Å². The lowest BCUT2D eigenvalue weighted by molar-refractivity contribution is -0.135. The first-order chi connectivity index (χ1) is 15.8. The fourth-order valence-corrected chi connectivity index (χ4v) is 5.81. The summed E-state index contributed by atoms with van der Waals surface area (Å²) in [5.74, 6) is -0.599. The number of nitrogens with zero attached hydrogens (tertiary/aromatic N) is 3. The third-order valence-electron chi connectivity index (χ3n) is 6.21. The van der Waals surface area contributed by atoms with E-state index in [-0.39, 0.29) is 29.2 Å². The smallest absolute Gasteiger partial charge is 0.251 e. The summed E-state index contributed by atoms with van der Waals surface area (Å²) in [4.78, 5) is 27.6. The number of carbonyl (C=O) groups excluding carboxylic acids is 1. The molecule has 0 bridgehead atoms. The zero-order valence-corrected chi connectivity index (χ0v) is 20.1. The molecule has 1 aromatic carbocycles. The van der Waals surface area contributed by atoms with E-state index in [4.69, 9.17) is 0 Å². The predicted molar refractivity (Wildman–Crippen MR) is 125 cm³/mol. The SMILES string of the molecule is CCN(CC)S(=O)(=O)c1ccc(=O)n(CC(=O)N(Cc2ccc(F)cc2)C2CCCCC2)c1. The maximum Gasteiger partial charge on any atom is 0.251 e. The van der Waals surface area contributed by atoms with Crippen LogP contribution in [0.4, 0.5) is 4.39 Å². The Bertz CT molecular complexity index is 1110. The molecule has 0 spiro atoms. The fraction of sp³-hybridized carbons (Fsp3) is 0.500. The number of sulfonamides is 1. The first-order valence-electron chi connectivity index (χ1n) is 11.5. The van der Waals surface area contributed by atoms with E-state index in [1.807, 2.05) is 0 Å². The van der Waals surface area contributed by atoms with Crippen LogP contribution in [0.25, 0.3) is 0 Å². The first-order valence-corrected chi connectivity index (χ1v) is 12.9. The molecule has 0 aliphatic heterocycles. The zero-order valence-electron chi connectivity index (χ0n) is 19.2. The maximum absolute atomic E-state index is 13.4. The van der Waals surface area contributed by atoms with Crippen molar-refractivity contribution < 1.29 is 17.6 Å². The molecule has 1 aliphatic carbocycles. The number of pyridine rings is 1. The molecule has 0 unspecified atom stereocenters. The highest BCUT2D eigenvalue weighted by atomic mass is 32.2. The summed E-state index contributed by atoms with van der Waals surface area (Å²) < 4.78 is 41.6. The summed E-state index contributed by atoms with van der Waals surface area (Å²) in [6, 6.07) is 8.55. The van der Waals surface area contributed by atoms with Gasteiger partial charge in [0, 0.05) is 37.9 Å². The van der Waals surface area contributed by atoms with Crippen molar-refractivity contribution in [2.24, 2.45) is 0 Å². The topological polar surface area (TPSA) is 79.7 Å². The van der Waals surface area contributed by atoms with Gasteiger partial charge in [0.05, 0.1) is 4.90 Å². The fourth-order valence-electron chi connectivity index (χ4n) is 4.33. The van der Waals surface area contributed by atoms with E-state index in [2.05, 4.69) is 0 Å². The van der Waals surface area contributed by atoms with Gasteiger partial charge in [0.2, 0.25) is 15.9 Å². The molecule has 0 N–H and O–H groups in total. The van der Waals surface area contributed by atoms with Crippen LogP contribution in [0.2, 0.25) is 0 Å². The van der Waals surface area contributed by atoms with E-state index in [1.165, 1.54) is 39.3 Å². The average molecular weight is 478 g/mol. The number of rotatable bonds is 9. The molecule has 9 heteroatoms. The summed E-state index contributed by atoms with van der Waals surface area (Å²) in [5, 5.41) is 0. The summed E-state index contributed by atoms with van der Waals surface area (Å²) in [6.45, 7) is 4.18. The monoisotopic (exact) mass is 477 g/mol. The summed E-state index contributed by atoms with van der Waals surface area (Å²) in [5.41, 5.74) is 0.368. The van der Waals surface area contributed by atoms with Crippen molar-refractivity contribution in [3.05, 3.63) is 64.3 Å². The minimum atomic E-state index is -3.76. The van der Waals surface area contributed by atoms with Gasteiger partial charge in [0.15, 0.2) is 0 Å². The van der Waals surface area contributed by atoms with Gasteiger partial charge in [0.25, 0.3) is 5.56 Å². The van der Waals surface area contributed by atoms with Gasteiger partial charge in [-0.05, 0) is 36.6 Å². The highest BCUT2D eigenvalue weighted by Gasteiger charge is 2.27.